The second-order valence-electron chi connectivity index (χ2n) is 3.49. The van der Waals surface area contributed by atoms with Crippen LogP contribution in [0.5, 0.6) is 0 Å². The molecule has 0 fully saturated rings. The number of hydrogen-bond donors (Lipinski definition) is 1. The molecule has 0 saturated carbocycles. The Morgan fingerprint density at radius 2 is 2.13 bits per heavy atom. The number of hydrogen-bond acceptors (Lipinski definition) is 3. The fourth-order valence-electron chi connectivity index (χ4n) is 1.49. The van der Waals surface area contributed by atoms with Crippen LogP contribution >= 0.6 is 0 Å². The van der Waals surface area contributed by atoms with Crippen LogP contribution in [-0.4, -0.2) is 11.5 Å². The van der Waals surface area contributed by atoms with E-state index in [0.29, 0.717) is 0 Å². The maximum atomic E-state index is 10.8. The number of nitrogens with one attached hydrogen (secondary N) is 1. The number of rotatable bonds is 5. The predicted molar refractivity (Wildman–Crippen MR) is 59.8 cm³/mol. The van der Waals surface area contributed by atoms with Crippen molar-refractivity contribution >= 4 is 5.69 Å². The third kappa shape index (κ3) is 3.02. The first kappa shape index (κ1) is 11.7. The average Bonchev–Trinajstić information content (AvgIpc) is 2.25. The molecule has 0 saturated heterocycles. The summed E-state index contributed by atoms with van der Waals surface area (Å²) in [6.45, 7) is 4.88. The summed E-state index contributed by atoms with van der Waals surface area (Å²) in [6, 6.07) is 6.87. The van der Waals surface area contributed by atoms with Gasteiger partial charge in [-0.3, -0.25) is 10.1 Å². The van der Waals surface area contributed by atoms with Crippen molar-refractivity contribution in [2.75, 3.05) is 6.54 Å². The minimum Gasteiger partial charge on any atom is -0.310 e. The van der Waals surface area contributed by atoms with Gasteiger partial charge < -0.3 is 5.32 Å². The Labute approximate surface area is 89.5 Å². The predicted octanol–water partition coefficient (Wildman–Crippen LogP) is 2.66. The Hall–Kier alpha value is -1.42. The number of benzene rings is 1. The van der Waals surface area contributed by atoms with E-state index in [2.05, 4.69) is 12.2 Å². The van der Waals surface area contributed by atoms with Gasteiger partial charge in [0.05, 0.1) is 4.92 Å². The fourth-order valence-corrected chi connectivity index (χ4v) is 1.49. The van der Waals surface area contributed by atoms with Crippen LogP contribution in [0.25, 0.3) is 0 Å². The van der Waals surface area contributed by atoms with Gasteiger partial charge in [0.2, 0.25) is 0 Å². The number of nitro groups is 1. The van der Waals surface area contributed by atoms with Crippen molar-refractivity contribution in [1.29, 1.82) is 0 Å². The molecule has 0 unspecified atom stereocenters. The molecule has 82 valence electrons. The minimum absolute atomic E-state index is 0.0200. The zero-order chi connectivity index (χ0) is 11.3. The molecule has 1 N–H and O–H groups in total. The SMILES string of the molecule is CCCN[C@@H](C)c1ccccc1[N+](=O)[O-]. The van der Waals surface area contributed by atoms with Crippen molar-refractivity contribution in [2.24, 2.45) is 0 Å². The molecule has 0 bridgehead atoms. The molecule has 1 aromatic rings. The summed E-state index contributed by atoms with van der Waals surface area (Å²) in [5.74, 6) is 0. The van der Waals surface area contributed by atoms with E-state index in [1.54, 1.807) is 18.2 Å². The molecule has 0 aliphatic carbocycles. The second kappa shape index (κ2) is 5.46. The van der Waals surface area contributed by atoms with Gasteiger partial charge in [-0.15, -0.1) is 0 Å². The van der Waals surface area contributed by atoms with Crippen molar-refractivity contribution in [2.45, 2.75) is 26.3 Å². The highest BCUT2D eigenvalue weighted by molar-refractivity contribution is 5.41. The second-order valence-corrected chi connectivity index (χ2v) is 3.49. The first-order valence-electron chi connectivity index (χ1n) is 5.13. The molecule has 1 rings (SSSR count). The van der Waals surface area contributed by atoms with Crippen LogP contribution in [0.4, 0.5) is 5.69 Å². The van der Waals surface area contributed by atoms with Crippen LogP contribution in [0.1, 0.15) is 31.9 Å². The Kier molecular flexibility index (Phi) is 4.24. The van der Waals surface area contributed by atoms with Gasteiger partial charge in [0.1, 0.15) is 0 Å². The minimum atomic E-state index is -0.334. The molecule has 1 aromatic carbocycles. The van der Waals surface area contributed by atoms with E-state index in [1.807, 2.05) is 13.0 Å². The molecule has 1 atom stereocenters. The van der Waals surface area contributed by atoms with Crippen molar-refractivity contribution < 1.29 is 4.92 Å². The van der Waals surface area contributed by atoms with Gasteiger partial charge in [-0.25, -0.2) is 0 Å². The van der Waals surface area contributed by atoms with E-state index in [0.717, 1.165) is 18.5 Å². The molecule has 0 amide bonds. The Morgan fingerprint density at radius 1 is 1.47 bits per heavy atom. The third-order valence-electron chi connectivity index (χ3n) is 2.30. The van der Waals surface area contributed by atoms with Crippen LogP contribution < -0.4 is 5.32 Å². The van der Waals surface area contributed by atoms with Crippen LogP contribution in [0.2, 0.25) is 0 Å². The number of nitro benzene ring substituents is 1. The molecule has 0 radical (unpaired) electrons. The quantitative estimate of drug-likeness (QED) is 0.597. The van der Waals surface area contributed by atoms with E-state index >= 15 is 0 Å². The summed E-state index contributed by atoms with van der Waals surface area (Å²) in [4.78, 5) is 10.4. The van der Waals surface area contributed by atoms with Gasteiger partial charge >= 0.3 is 0 Å². The number of para-hydroxylation sites is 1. The monoisotopic (exact) mass is 208 g/mol. The highest BCUT2D eigenvalue weighted by Crippen LogP contribution is 2.24. The molecular weight excluding hydrogens is 192 g/mol. The summed E-state index contributed by atoms with van der Waals surface area (Å²) in [6.07, 6.45) is 1.02. The van der Waals surface area contributed by atoms with Crippen LogP contribution in [0, 0.1) is 10.1 Å². The summed E-state index contributed by atoms with van der Waals surface area (Å²) in [5, 5.41) is 14.0. The van der Waals surface area contributed by atoms with E-state index in [-0.39, 0.29) is 16.7 Å². The first-order chi connectivity index (χ1) is 7.16. The highest BCUT2D eigenvalue weighted by Gasteiger charge is 2.16. The zero-order valence-electron chi connectivity index (χ0n) is 9.06. The topological polar surface area (TPSA) is 55.2 Å². The molecule has 15 heavy (non-hydrogen) atoms. The van der Waals surface area contributed by atoms with Gasteiger partial charge in [-0.05, 0) is 19.9 Å². The maximum Gasteiger partial charge on any atom is 0.274 e. The van der Waals surface area contributed by atoms with Crippen molar-refractivity contribution in [3.05, 3.63) is 39.9 Å². The molecule has 0 aliphatic heterocycles. The zero-order valence-corrected chi connectivity index (χ0v) is 9.06. The lowest BCUT2D eigenvalue weighted by Gasteiger charge is -2.13. The summed E-state index contributed by atoms with van der Waals surface area (Å²) >= 11 is 0. The Morgan fingerprint density at radius 3 is 2.73 bits per heavy atom. The fraction of sp³-hybridized carbons (Fsp3) is 0.455. The van der Waals surface area contributed by atoms with Crippen LogP contribution in [-0.2, 0) is 0 Å². The van der Waals surface area contributed by atoms with Crippen LogP contribution in [0.15, 0.2) is 24.3 Å². The summed E-state index contributed by atoms with van der Waals surface area (Å²) in [5.41, 5.74) is 0.935. The molecule has 0 spiro atoms. The van der Waals surface area contributed by atoms with Crippen molar-refractivity contribution in [1.82, 2.24) is 5.32 Å². The Balaban J connectivity index is 2.87. The normalized spacial score (nSPS) is 12.4. The summed E-state index contributed by atoms with van der Waals surface area (Å²) < 4.78 is 0. The van der Waals surface area contributed by atoms with Gasteiger partial charge in [-0.2, -0.15) is 0 Å². The Bertz CT molecular complexity index is 339. The van der Waals surface area contributed by atoms with Crippen molar-refractivity contribution in [3.8, 4) is 0 Å². The van der Waals surface area contributed by atoms with Gasteiger partial charge in [0, 0.05) is 17.7 Å². The lowest BCUT2D eigenvalue weighted by atomic mass is 10.1. The molecule has 4 nitrogen and oxygen atoms in total. The number of nitrogens with zero attached hydrogens (tertiary/aromatic N) is 1. The van der Waals surface area contributed by atoms with E-state index in [4.69, 9.17) is 0 Å². The molecular formula is C11H16N2O2. The molecule has 4 heteroatoms. The molecule has 0 aliphatic rings. The smallest absolute Gasteiger partial charge is 0.274 e. The summed E-state index contributed by atoms with van der Waals surface area (Å²) in [7, 11) is 0. The molecule has 0 heterocycles. The van der Waals surface area contributed by atoms with Gasteiger partial charge in [-0.1, -0.05) is 25.1 Å². The first-order valence-corrected chi connectivity index (χ1v) is 5.13. The van der Waals surface area contributed by atoms with E-state index < -0.39 is 0 Å². The average molecular weight is 208 g/mol. The standard InChI is InChI=1S/C11H16N2O2/c1-3-8-12-9(2)10-6-4-5-7-11(10)13(14)15/h4-7,9,12H,3,8H2,1-2H3/t9-/m0/s1. The van der Waals surface area contributed by atoms with E-state index in [9.17, 15) is 10.1 Å². The molecule has 0 aromatic heterocycles. The van der Waals surface area contributed by atoms with Gasteiger partial charge in [0.15, 0.2) is 0 Å². The highest BCUT2D eigenvalue weighted by atomic mass is 16.6. The van der Waals surface area contributed by atoms with Crippen LogP contribution in [0.3, 0.4) is 0 Å². The van der Waals surface area contributed by atoms with Gasteiger partial charge in [0.25, 0.3) is 5.69 Å². The lowest BCUT2D eigenvalue weighted by Crippen LogP contribution is -2.20. The van der Waals surface area contributed by atoms with E-state index in [1.165, 1.54) is 0 Å². The lowest BCUT2D eigenvalue weighted by molar-refractivity contribution is -0.385. The largest absolute Gasteiger partial charge is 0.310 e. The third-order valence-corrected chi connectivity index (χ3v) is 2.30. The van der Waals surface area contributed by atoms with Crippen molar-refractivity contribution in [3.63, 3.8) is 0 Å². The maximum absolute atomic E-state index is 10.8.